The lowest BCUT2D eigenvalue weighted by atomic mass is 10.1. The number of thiazole rings is 1. The first kappa shape index (κ1) is 24.9. The van der Waals surface area contributed by atoms with Crippen LogP contribution in [0.15, 0.2) is 76.9 Å². The summed E-state index contributed by atoms with van der Waals surface area (Å²) in [7, 11) is 0. The van der Waals surface area contributed by atoms with Crippen molar-refractivity contribution in [2.75, 3.05) is 11.9 Å². The van der Waals surface area contributed by atoms with Gasteiger partial charge < -0.3 is 9.15 Å². The SMILES string of the molecule is CCOC(=O)c1ccc(-c2ccc(/C=C(\C#N)C(=O)Nc3ncc(Cc4cccc(Cl)c4)s3)o2)cc1. The van der Waals surface area contributed by atoms with Gasteiger partial charge in [-0.2, -0.15) is 5.26 Å². The van der Waals surface area contributed by atoms with Crippen LogP contribution in [-0.4, -0.2) is 23.5 Å². The fraction of sp³-hybridized carbons (Fsp3) is 0.111. The lowest BCUT2D eigenvalue weighted by molar-refractivity contribution is -0.112. The number of nitrogens with zero attached hydrogens (tertiary/aromatic N) is 2. The van der Waals surface area contributed by atoms with Crippen molar-refractivity contribution in [1.29, 1.82) is 5.26 Å². The van der Waals surface area contributed by atoms with Crippen molar-refractivity contribution in [3.05, 3.63) is 99.2 Å². The molecule has 2 heterocycles. The molecule has 0 saturated carbocycles. The summed E-state index contributed by atoms with van der Waals surface area (Å²) in [5.41, 5.74) is 2.08. The Morgan fingerprint density at radius 3 is 2.72 bits per heavy atom. The molecule has 2 aromatic carbocycles. The number of nitrogens with one attached hydrogen (secondary N) is 1. The predicted octanol–water partition coefficient (Wildman–Crippen LogP) is 6.37. The lowest BCUT2D eigenvalue weighted by Gasteiger charge is -2.02. The minimum atomic E-state index is -0.585. The third-order valence-corrected chi connectivity index (χ3v) is 6.15. The Kier molecular flexibility index (Phi) is 7.95. The van der Waals surface area contributed by atoms with Crippen LogP contribution in [0.2, 0.25) is 5.02 Å². The Morgan fingerprint density at radius 1 is 1.19 bits per heavy atom. The maximum absolute atomic E-state index is 12.7. The van der Waals surface area contributed by atoms with E-state index in [0.29, 0.717) is 40.3 Å². The molecule has 4 rings (SSSR count). The van der Waals surface area contributed by atoms with E-state index in [-0.39, 0.29) is 5.57 Å². The molecule has 0 aliphatic carbocycles. The molecular formula is C27H20ClN3O4S. The van der Waals surface area contributed by atoms with E-state index in [4.69, 9.17) is 20.8 Å². The average molecular weight is 518 g/mol. The number of rotatable bonds is 8. The third kappa shape index (κ3) is 6.27. The Balaban J connectivity index is 1.42. The fourth-order valence-electron chi connectivity index (χ4n) is 3.32. The number of amides is 1. The van der Waals surface area contributed by atoms with E-state index in [0.717, 1.165) is 16.0 Å². The molecule has 2 aromatic heterocycles. The molecule has 1 amide bonds. The Hall–Kier alpha value is -4.19. The fourth-order valence-corrected chi connectivity index (χ4v) is 4.38. The van der Waals surface area contributed by atoms with E-state index in [1.807, 2.05) is 30.3 Å². The van der Waals surface area contributed by atoms with Crippen LogP contribution in [0.25, 0.3) is 17.4 Å². The van der Waals surface area contributed by atoms with Gasteiger partial charge in [-0.25, -0.2) is 9.78 Å². The number of nitriles is 1. The van der Waals surface area contributed by atoms with Crippen LogP contribution in [0.5, 0.6) is 0 Å². The summed E-state index contributed by atoms with van der Waals surface area (Å²) in [4.78, 5) is 29.6. The summed E-state index contributed by atoms with van der Waals surface area (Å²) in [5, 5.41) is 13.2. The Morgan fingerprint density at radius 2 is 2.00 bits per heavy atom. The molecule has 0 fully saturated rings. The zero-order valence-electron chi connectivity index (χ0n) is 19.2. The maximum atomic E-state index is 12.7. The molecule has 0 radical (unpaired) electrons. The first-order valence-electron chi connectivity index (χ1n) is 10.9. The zero-order chi connectivity index (χ0) is 25.5. The van der Waals surface area contributed by atoms with Crippen LogP contribution in [-0.2, 0) is 16.0 Å². The molecule has 0 aliphatic heterocycles. The van der Waals surface area contributed by atoms with Crippen molar-refractivity contribution in [2.45, 2.75) is 13.3 Å². The molecule has 0 spiro atoms. The second-order valence-electron chi connectivity index (χ2n) is 7.56. The third-order valence-electron chi connectivity index (χ3n) is 5.00. The normalized spacial score (nSPS) is 11.1. The van der Waals surface area contributed by atoms with Crippen molar-refractivity contribution < 1.29 is 18.7 Å². The van der Waals surface area contributed by atoms with Crippen molar-refractivity contribution >= 4 is 46.0 Å². The van der Waals surface area contributed by atoms with Crippen molar-refractivity contribution in [3.8, 4) is 17.4 Å². The summed E-state index contributed by atoms with van der Waals surface area (Å²) >= 11 is 7.36. The number of anilines is 1. The summed E-state index contributed by atoms with van der Waals surface area (Å²) < 4.78 is 10.8. The van der Waals surface area contributed by atoms with E-state index in [9.17, 15) is 14.9 Å². The highest BCUT2D eigenvalue weighted by Gasteiger charge is 2.14. The largest absolute Gasteiger partial charge is 0.462 e. The van der Waals surface area contributed by atoms with E-state index < -0.39 is 11.9 Å². The van der Waals surface area contributed by atoms with E-state index in [1.54, 1.807) is 49.5 Å². The summed E-state index contributed by atoms with van der Waals surface area (Å²) in [5.74, 6) is -0.113. The smallest absolute Gasteiger partial charge is 0.338 e. The molecule has 180 valence electrons. The standard InChI is InChI=1S/C27H20ClN3O4S/c1-2-34-26(33)19-8-6-18(7-9-19)24-11-10-22(35-24)14-20(15-29)25(32)31-27-30-16-23(36-27)13-17-4-3-5-21(28)12-17/h3-12,14,16H,2,13H2,1H3,(H,30,31,32)/b20-14+. The Labute approximate surface area is 216 Å². The molecule has 0 unspecified atom stereocenters. The number of halogens is 1. The molecular weight excluding hydrogens is 498 g/mol. The number of carbonyl (C=O) groups is 2. The number of furan rings is 1. The van der Waals surface area contributed by atoms with Gasteiger partial charge in [-0.3, -0.25) is 10.1 Å². The van der Waals surface area contributed by atoms with Crippen molar-refractivity contribution in [3.63, 3.8) is 0 Å². The number of ether oxygens (including phenoxy) is 1. The van der Waals surface area contributed by atoms with E-state index in [1.165, 1.54) is 17.4 Å². The number of hydrogen-bond acceptors (Lipinski definition) is 7. The first-order valence-corrected chi connectivity index (χ1v) is 12.1. The zero-order valence-corrected chi connectivity index (χ0v) is 20.7. The van der Waals surface area contributed by atoms with Crippen LogP contribution in [0.4, 0.5) is 5.13 Å². The van der Waals surface area contributed by atoms with Gasteiger partial charge in [0, 0.05) is 34.2 Å². The van der Waals surface area contributed by atoms with Crippen molar-refractivity contribution in [2.24, 2.45) is 0 Å². The molecule has 7 nitrogen and oxygen atoms in total. The second-order valence-corrected chi connectivity index (χ2v) is 9.11. The van der Waals surface area contributed by atoms with Gasteiger partial charge >= 0.3 is 5.97 Å². The van der Waals surface area contributed by atoms with E-state index in [2.05, 4.69) is 10.3 Å². The Bertz CT molecular complexity index is 1460. The van der Waals surface area contributed by atoms with Gasteiger partial charge in [0.1, 0.15) is 23.2 Å². The summed E-state index contributed by atoms with van der Waals surface area (Å²) in [6.07, 6.45) is 3.68. The van der Waals surface area contributed by atoms with Gasteiger partial charge in [0.15, 0.2) is 5.13 Å². The average Bonchev–Trinajstić information content (AvgIpc) is 3.52. The number of hydrogen-bond donors (Lipinski definition) is 1. The van der Waals surface area contributed by atoms with Crippen molar-refractivity contribution in [1.82, 2.24) is 4.98 Å². The molecule has 0 atom stereocenters. The van der Waals surface area contributed by atoms with Gasteiger partial charge in [-0.15, -0.1) is 11.3 Å². The molecule has 36 heavy (non-hydrogen) atoms. The topological polar surface area (TPSA) is 105 Å². The molecule has 9 heteroatoms. The molecule has 0 bridgehead atoms. The molecule has 4 aromatic rings. The number of aromatic nitrogens is 1. The van der Waals surface area contributed by atoms with Crippen LogP contribution < -0.4 is 5.32 Å². The van der Waals surface area contributed by atoms with Gasteiger partial charge in [-0.05, 0) is 48.9 Å². The van der Waals surface area contributed by atoms with Crippen LogP contribution in [0, 0.1) is 11.3 Å². The van der Waals surface area contributed by atoms with Gasteiger partial charge in [0.05, 0.1) is 12.2 Å². The summed E-state index contributed by atoms with van der Waals surface area (Å²) in [6.45, 7) is 2.05. The minimum absolute atomic E-state index is 0.125. The number of benzene rings is 2. The first-order chi connectivity index (χ1) is 17.4. The van der Waals surface area contributed by atoms with Gasteiger partial charge in [0.2, 0.25) is 0 Å². The number of esters is 1. The highest BCUT2D eigenvalue weighted by Crippen LogP contribution is 2.25. The summed E-state index contributed by atoms with van der Waals surface area (Å²) in [6, 6.07) is 19.6. The van der Waals surface area contributed by atoms with Crippen LogP contribution >= 0.6 is 22.9 Å². The highest BCUT2D eigenvalue weighted by atomic mass is 35.5. The minimum Gasteiger partial charge on any atom is -0.462 e. The quantitative estimate of drug-likeness (QED) is 0.165. The monoisotopic (exact) mass is 517 g/mol. The van der Waals surface area contributed by atoms with Crippen LogP contribution in [0.3, 0.4) is 0 Å². The second kappa shape index (κ2) is 11.5. The van der Waals surface area contributed by atoms with Gasteiger partial charge in [0.25, 0.3) is 5.91 Å². The lowest BCUT2D eigenvalue weighted by Crippen LogP contribution is -2.13. The van der Waals surface area contributed by atoms with Crippen LogP contribution in [0.1, 0.15) is 33.5 Å². The van der Waals surface area contributed by atoms with E-state index >= 15 is 0 Å². The number of carbonyl (C=O) groups excluding carboxylic acids is 2. The molecule has 0 saturated heterocycles. The molecule has 0 aliphatic rings. The van der Waals surface area contributed by atoms with Gasteiger partial charge in [-0.1, -0.05) is 35.9 Å². The predicted molar refractivity (Wildman–Crippen MR) is 139 cm³/mol. The molecule has 1 N–H and O–H groups in total. The highest BCUT2D eigenvalue weighted by molar-refractivity contribution is 7.15. The maximum Gasteiger partial charge on any atom is 0.338 e.